The first-order valence-corrected chi connectivity index (χ1v) is 10.2. The second kappa shape index (κ2) is 7.11. The standard InChI is InChI=1S/C19H16N4S3/c1-23(2)19(24)20-12-7-8-13-14(11-12)22-18(16-6-4-10-26-16)17(21-13)15-5-3-9-25-15/h3-11H,1-2H3,(H,20,24). The molecule has 0 saturated heterocycles. The lowest BCUT2D eigenvalue weighted by Crippen LogP contribution is -2.26. The second-order valence-corrected chi connectivity index (χ2v) is 8.19. The van der Waals surface area contributed by atoms with Crippen LogP contribution >= 0.6 is 34.9 Å². The van der Waals surface area contributed by atoms with Gasteiger partial charge in [0.1, 0.15) is 11.4 Å². The van der Waals surface area contributed by atoms with Crippen LogP contribution in [-0.2, 0) is 0 Å². The smallest absolute Gasteiger partial charge is 0.172 e. The molecule has 0 aliphatic heterocycles. The molecule has 0 atom stereocenters. The van der Waals surface area contributed by atoms with Crippen molar-refractivity contribution < 1.29 is 0 Å². The van der Waals surface area contributed by atoms with Crippen LogP contribution in [0.1, 0.15) is 0 Å². The zero-order valence-corrected chi connectivity index (χ0v) is 16.7. The maximum absolute atomic E-state index is 5.33. The van der Waals surface area contributed by atoms with Crippen LogP contribution in [0.3, 0.4) is 0 Å². The van der Waals surface area contributed by atoms with Gasteiger partial charge < -0.3 is 10.2 Å². The van der Waals surface area contributed by atoms with Gasteiger partial charge in [-0.3, -0.25) is 0 Å². The number of fused-ring (bicyclic) bond motifs is 1. The predicted octanol–water partition coefficient (Wildman–Crippen LogP) is 5.35. The van der Waals surface area contributed by atoms with Crippen molar-refractivity contribution in [2.45, 2.75) is 0 Å². The number of thiophene rings is 2. The topological polar surface area (TPSA) is 41.0 Å². The van der Waals surface area contributed by atoms with Crippen LogP contribution in [-0.4, -0.2) is 34.1 Å². The molecule has 1 aromatic carbocycles. The fourth-order valence-corrected chi connectivity index (χ4v) is 4.09. The minimum atomic E-state index is 0.658. The lowest BCUT2D eigenvalue weighted by molar-refractivity contribution is 0.634. The van der Waals surface area contributed by atoms with Gasteiger partial charge in [-0.2, -0.15) is 0 Å². The molecule has 1 N–H and O–H groups in total. The molecule has 0 aliphatic carbocycles. The average molecular weight is 397 g/mol. The molecule has 0 fully saturated rings. The van der Waals surface area contributed by atoms with Crippen LogP contribution in [0.5, 0.6) is 0 Å². The van der Waals surface area contributed by atoms with Crippen LogP contribution < -0.4 is 5.32 Å². The van der Waals surface area contributed by atoms with Gasteiger partial charge >= 0.3 is 0 Å². The lowest BCUT2D eigenvalue weighted by Gasteiger charge is -2.16. The summed E-state index contributed by atoms with van der Waals surface area (Å²) in [5, 5.41) is 8.01. The fraction of sp³-hybridized carbons (Fsp3) is 0.105. The number of hydrogen-bond acceptors (Lipinski definition) is 5. The van der Waals surface area contributed by atoms with E-state index < -0.39 is 0 Å². The monoisotopic (exact) mass is 396 g/mol. The maximum atomic E-state index is 5.33. The Bertz CT molecular complexity index is 1050. The molecule has 4 rings (SSSR count). The van der Waals surface area contributed by atoms with E-state index in [4.69, 9.17) is 22.2 Å². The summed E-state index contributed by atoms with van der Waals surface area (Å²) in [6, 6.07) is 14.2. The molecule has 3 aromatic heterocycles. The summed E-state index contributed by atoms with van der Waals surface area (Å²) in [7, 11) is 3.83. The number of nitrogens with zero attached hydrogens (tertiary/aromatic N) is 3. The van der Waals surface area contributed by atoms with Crippen LogP contribution in [0.15, 0.2) is 53.2 Å². The van der Waals surface area contributed by atoms with Crippen LogP contribution in [0.4, 0.5) is 5.69 Å². The van der Waals surface area contributed by atoms with Crippen molar-refractivity contribution in [3.63, 3.8) is 0 Å². The number of anilines is 1. The summed E-state index contributed by atoms with van der Waals surface area (Å²) < 4.78 is 0. The van der Waals surface area contributed by atoms with Gasteiger partial charge in [-0.1, -0.05) is 12.1 Å². The average Bonchev–Trinajstić information content (AvgIpc) is 3.34. The number of nitrogens with one attached hydrogen (secondary N) is 1. The molecule has 0 bridgehead atoms. The van der Waals surface area contributed by atoms with Gasteiger partial charge in [0.15, 0.2) is 5.11 Å². The molecule has 0 spiro atoms. The Morgan fingerprint density at radius 2 is 1.54 bits per heavy atom. The van der Waals surface area contributed by atoms with Gasteiger partial charge in [0.05, 0.1) is 20.8 Å². The van der Waals surface area contributed by atoms with E-state index in [9.17, 15) is 0 Å². The highest BCUT2D eigenvalue weighted by atomic mass is 32.1. The van der Waals surface area contributed by atoms with Gasteiger partial charge in [-0.25, -0.2) is 9.97 Å². The SMILES string of the molecule is CN(C)C(=S)Nc1ccc2nc(-c3cccs3)c(-c3cccs3)nc2c1. The maximum Gasteiger partial charge on any atom is 0.172 e. The summed E-state index contributed by atoms with van der Waals surface area (Å²) >= 11 is 8.68. The Balaban J connectivity index is 1.85. The van der Waals surface area contributed by atoms with Gasteiger partial charge in [-0.05, 0) is 53.3 Å². The molecule has 0 aliphatic rings. The van der Waals surface area contributed by atoms with Crippen LogP contribution in [0.25, 0.3) is 32.2 Å². The third kappa shape index (κ3) is 3.33. The number of benzene rings is 1. The normalized spacial score (nSPS) is 10.8. The van der Waals surface area contributed by atoms with Crippen molar-refractivity contribution >= 4 is 56.7 Å². The van der Waals surface area contributed by atoms with Crippen molar-refractivity contribution in [1.29, 1.82) is 0 Å². The first-order chi connectivity index (χ1) is 12.6. The molecule has 130 valence electrons. The van der Waals surface area contributed by atoms with E-state index >= 15 is 0 Å². The Labute approximate surface area is 165 Å². The van der Waals surface area contributed by atoms with Crippen molar-refractivity contribution in [1.82, 2.24) is 14.9 Å². The Hall–Kier alpha value is -2.35. The van der Waals surface area contributed by atoms with Crippen molar-refractivity contribution in [2.24, 2.45) is 0 Å². The number of rotatable bonds is 3. The van der Waals surface area contributed by atoms with Crippen molar-refractivity contribution in [3.05, 3.63) is 53.2 Å². The summed E-state index contributed by atoms with van der Waals surface area (Å²) in [5.41, 5.74) is 4.48. The molecule has 4 aromatic rings. The van der Waals surface area contributed by atoms with Gasteiger partial charge in [-0.15, -0.1) is 22.7 Å². The zero-order chi connectivity index (χ0) is 18.1. The summed E-state index contributed by atoms with van der Waals surface area (Å²) in [5.74, 6) is 0. The third-order valence-electron chi connectivity index (χ3n) is 3.83. The van der Waals surface area contributed by atoms with Gasteiger partial charge in [0.25, 0.3) is 0 Å². The summed E-state index contributed by atoms with van der Waals surface area (Å²) in [4.78, 5) is 14.0. The van der Waals surface area contributed by atoms with E-state index in [-0.39, 0.29) is 0 Å². The summed E-state index contributed by atoms with van der Waals surface area (Å²) in [6.45, 7) is 0. The van der Waals surface area contributed by atoms with E-state index in [2.05, 4.69) is 28.2 Å². The molecule has 7 heteroatoms. The van der Waals surface area contributed by atoms with Crippen LogP contribution in [0.2, 0.25) is 0 Å². The predicted molar refractivity (Wildman–Crippen MR) is 116 cm³/mol. The molecule has 3 heterocycles. The van der Waals surface area contributed by atoms with Crippen molar-refractivity contribution in [3.8, 4) is 21.1 Å². The molecule has 0 amide bonds. The minimum Gasteiger partial charge on any atom is -0.355 e. The zero-order valence-electron chi connectivity index (χ0n) is 14.3. The molecule has 26 heavy (non-hydrogen) atoms. The highest BCUT2D eigenvalue weighted by molar-refractivity contribution is 7.80. The molecule has 0 radical (unpaired) electrons. The lowest BCUT2D eigenvalue weighted by atomic mass is 10.2. The Morgan fingerprint density at radius 3 is 2.08 bits per heavy atom. The van der Waals surface area contributed by atoms with Crippen molar-refractivity contribution in [2.75, 3.05) is 19.4 Å². The Morgan fingerprint density at radius 1 is 0.923 bits per heavy atom. The number of aromatic nitrogens is 2. The first-order valence-electron chi connectivity index (χ1n) is 7.99. The molecular weight excluding hydrogens is 380 g/mol. The van der Waals surface area contributed by atoms with Gasteiger partial charge in [0, 0.05) is 19.8 Å². The van der Waals surface area contributed by atoms with E-state index in [1.165, 1.54) is 0 Å². The fourth-order valence-electron chi connectivity index (χ4n) is 2.54. The molecule has 4 nitrogen and oxygen atoms in total. The molecular formula is C19H16N4S3. The summed E-state index contributed by atoms with van der Waals surface area (Å²) in [6.07, 6.45) is 0. The quantitative estimate of drug-likeness (QED) is 0.473. The largest absolute Gasteiger partial charge is 0.355 e. The van der Waals surface area contributed by atoms with E-state index in [0.29, 0.717) is 5.11 Å². The first kappa shape index (κ1) is 17.1. The molecule has 0 unspecified atom stereocenters. The Kier molecular flexibility index (Phi) is 4.67. The second-order valence-electron chi connectivity index (χ2n) is 5.90. The van der Waals surface area contributed by atoms with Crippen LogP contribution in [0, 0.1) is 0 Å². The van der Waals surface area contributed by atoms with E-state index in [1.807, 2.05) is 49.3 Å². The highest BCUT2D eigenvalue weighted by Crippen LogP contribution is 2.35. The van der Waals surface area contributed by atoms with E-state index in [1.54, 1.807) is 22.7 Å². The van der Waals surface area contributed by atoms with Gasteiger partial charge in [0.2, 0.25) is 0 Å². The third-order valence-corrected chi connectivity index (χ3v) is 6.05. The van der Waals surface area contributed by atoms with E-state index in [0.717, 1.165) is 37.9 Å². The highest BCUT2D eigenvalue weighted by Gasteiger charge is 2.15. The number of thiocarbonyl (C=S) groups is 1. The minimum absolute atomic E-state index is 0.658. The molecule has 0 saturated carbocycles. The number of hydrogen-bond donors (Lipinski definition) is 1.